The van der Waals surface area contributed by atoms with Crippen LogP contribution in [0.2, 0.25) is 0 Å². The summed E-state index contributed by atoms with van der Waals surface area (Å²) in [6.45, 7) is 0. The topological polar surface area (TPSA) is 58.9 Å². The quantitative estimate of drug-likeness (QED) is 0.180. The monoisotopic (exact) mass is 207 g/mol. The molecule has 0 unspecified atom stereocenters. The van der Waals surface area contributed by atoms with Gasteiger partial charge < -0.3 is 9.94 Å². The second kappa shape index (κ2) is 7.86. The molecule has 0 saturated heterocycles. The number of esters is 1. The first-order valence-electron chi connectivity index (χ1n) is 4.11. The summed E-state index contributed by atoms with van der Waals surface area (Å²) in [4.78, 5) is 10.9. The summed E-state index contributed by atoms with van der Waals surface area (Å²) in [7, 11) is 1.26. The zero-order chi connectivity index (χ0) is 10.1. The lowest BCUT2D eigenvalue weighted by atomic mass is 10.1. The van der Waals surface area contributed by atoms with Gasteiger partial charge in [-0.25, -0.2) is 4.79 Å². The zero-order valence-electron chi connectivity index (χ0n) is 7.62. The Labute approximate surface area is 82.5 Å². The van der Waals surface area contributed by atoms with Gasteiger partial charge in [0.2, 0.25) is 0 Å². The number of oxime groups is 1. The molecule has 0 aromatic carbocycles. The number of unbranched alkanes of at least 4 members (excludes halogenated alkanes) is 2. The molecule has 76 valence electrons. The number of alkyl halides is 1. The maximum absolute atomic E-state index is 10.9. The SMILES string of the molecule is COC(=O)/C(CCCCCCl)=N\O. The first-order valence-corrected chi connectivity index (χ1v) is 4.65. The molecule has 0 radical (unpaired) electrons. The van der Waals surface area contributed by atoms with Crippen molar-refractivity contribution in [2.45, 2.75) is 25.7 Å². The van der Waals surface area contributed by atoms with Gasteiger partial charge in [-0.2, -0.15) is 0 Å². The average molecular weight is 208 g/mol. The number of ether oxygens (including phenoxy) is 1. The normalized spacial score (nSPS) is 11.4. The molecule has 0 atom stereocenters. The molecule has 0 aromatic rings. The van der Waals surface area contributed by atoms with Gasteiger partial charge in [-0.1, -0.05) is 11.6 Å². The molecule has 0 rings (SSSR count). The molecular weight excluding hydrogens is 194 g/mol. The van der Waals surface area contributed by atoms with Crippen LogP contribution in [0.25, 0.3) is 0 Å². The number of hydrogen-bond acceptors (Lipinski definition) is 4. The lowest BCUT2D eigenvalue weighted by Crippen LogP contribution is -2.15. The number of methoxy groups -OCH3 is 1. The third kappa shape index (κ3) is 5.47. The summed E-state index contributed by atoms with van der Waals surface area (Å²) in [6.07, 6.45) is 3.03. The highest BCUT2D eigenvalue weighted by atomic mass is 35.5. The van der Waals surface area contributed by atoms with Crippen LogP contribution in [0.3, 0.4) is 0 Å². The maximum Gasteiger partial charge on any atom is 0.355 e. The Morgan fingerprint density at radius 1 is 1.46 bits per heavy atom. The number of carbonyl (C=O) groups is 1. The first-order chi connectivity index (χ1) is 6.26. The van der Waals surface area contributed by atoms with Crippen LogP contribution < -0.4 is 0 Å². The Kier molecular flexibility index (Phi) is 7.39. The van der Waals surface area contributed by atoms with Crippen LogP contribution in [-0.4, -0.2) is 29.9 Å². The van der Waals surface area contributed by atoms with E-state index in [0.29, 0.717) is 12.3 Å². The number of carbonyl (C=O) groups excluding carboxylic acids is 1. The van der Waals surface area contributed by atoms with Crippen molar-refractivity contribution in [3.05, 3.63) is 0 Å². The highest BCUT2D eigenvalue weighted by molar-refractivity contribution is 6.36. The third-order valence-corrected chi connectivity index (χ3v) is 1.86. The largest absolute Gasteiger partial charge is 0.464 e. The fourth-order valence-electron chi connectivity index (χ4n) is 0.874. The predicted octanol–water partition coefficient (Wildman–Crippen LogP) is 1.79. The van der Waals surface area contributed by atoms with Crippen LogP contribution in [0.1, 0.15) is 25.7 Å². The standard InChI is InChI=1S/C8H14ClNO3/c1-13-8(11)7(10-12)5-3-2-4-6-9/h12H,2-6H2,1H3/b10-7-. The molecule has 0 aliphatic heterocycles. The van der Waals surface area contributed by atoms with Crippen LogP contribution in [0.15, 0.2) is 5.16 Å². The van der Waals surface area contributed by atoms with Crippen LogP contribution in [0.4, 0.5) is 0 Å². The summed E-state index contributed by atoms with van der Waals surface area (Å²) in [5.41, 5.74) is 0.0667. The van der Waals surface area contributed by atoms with Crippen LogP contribution in [-0.2, 0) is 9.53 Å². The van der Waals surface area contributed by atoms with Gasteiger partial charge in [0.1, 0.15) is 0 Å². The van der Waals surface area contributed by atoms with E-state index in [1.807, 2.05) is 0 Å². The molecular formula is C8H14ClNO3. The van der Waals surface area contributed by atoms with E-state index < -0.39 is 5.97 Å². The van der Waals surface area contributed by atoms with Crippen molar-refractivity contribution < 1.29 is 14.7 Å². The van der Waals surface area contributed by atoms with Gasteiger partial charge in [-0.15, -0.1) is 11.6 Å². The van der Waals surface area contributed by atoms with E-state index in [9.17, 15) is 4.79 Å². The van der Waals surface area contributed by atoms with Crippen molar-refractivity contribution >= 4 is 23.3 Å². The molecule has 0 aromatic heterocycles. The summed E-state index contributed by atoms with van der Waals surface area (Å²) in [6, 6.07) is 0. The molecule has 0 saturated carbocycles. The number of nitrogens with zero attached hydrogens (tertiary/aromatic N) is 1. The predicted molar refractivity (Wildman–Crippen MR) is 50.4 cm³/mol. The van der Waals surface area contributed by atoms with Crippen molar-refractivity contribution in [2.24, 2.45) is 5.16 Å². The summed E-state index contributed by atoms with van der Waals surface area (Å²) in [5.74, 6) is 0.0393. The van der Waals surface area contributed by atoms with Gasteiger partial charge in [0.25, 0.3) is 0 Å². The fourth-order valence-corrected chi connectivity index (χ4v) is 1.06. The summed E-state index contributed by atoms with van der Waals surface area (Å²) in [5, 5.41) is 11.3. The molecule has 0 spiro atoms. The molecule has 0 bridgehead atoms. The van der Waals surface area contributed by atoms with Crippen molar-refractivity contribution in [1.29, 1.82) is 0 Å². The molecule has 0 aliphatic carbocycles. The van der Waals surface area contributed by atoms with E-state index in [0.717, 1.165) is 19.3 Å². The summed E-state index contributed by atoms with van der Waals surface area (Å²) < 4.78 is 4.40. The second-order valence-electron chi connectivity index (χ2n) is 2.54. The van der Waals surface area contributed by atoms with E-state index in [4.69, 9.17) is 16.8 Å². The molecule has 0 fully saturated rings. The van der Waals surface area contributed by atoms with E-state index in [1.165, 1.54) is 7.11 Å². The minimum absolute atomic E-state index is 0.0667. The van der Waals surface area contributed by atoms with E-state index >= 15 is 0 Å². The minimum Gasteiger partial charge on any atom is -0.464 e. The highest BCUT2D eigenvalue weighted by Gasteiger charge is 2.11. The minimum atomic E-state index is -0.576. The van der Waals surface area contributed by atoms with Crippen LogP contribution in [0, 0.1) is 0 Å². The molecule has 0 heterocycles. The smallest absolute Gasteiger partial charge is 0.355 e. The van der Waals surface area contributed by atoms with Gasteiger partial charge in [-0.3, -0.25) is 0 Å². The van der Waals surface area contributed by atoms with E-state index in [1.54, 1.807) is 0 Å². The van der Waals surface area contributed by atoms with Crippen LogP contribution in [0.5, 0.6) is 0 Å². The number of hydrogen-bond donors (Lipinski definition) is 1. The van der Waals surface area contributed by atoms with Crippen molar-refractivity contribution in [1.82, 2.24) is 0 Å². The van der Waals surface area contributed by atoms with Gasteiger partial charge in [0.15, 0.2) is 5.71 Å². The Morgan fingerprint density at radius 3 is 2.62 bits per heavy atom. The fraction of sp³-hybridized carbons (Fsp3) is 0.750. The molecule has 13 heavy (non-hydrogen) atoms. The second-order valence-corrected chi connectivity index (χ2v) is 2.92. The molecule has 4 nitrogen and oxygen atoms in total. The maximum atomic E-state index is 10.9. The molecule has 1 N–H and O–H groups in total. The first kappa shape index (κ1) is 12.2. The lowest BCUT2D eigenvalue weighted by Gasteiger charge is -2.00. The Balaban J connectivity index is 3.68. The number of halogens is 1. The summed E-state index contributed by atoms with van der Waals surface area (Å²) >= 11 is 5.47. The Morgan fingerprint density at radius 2 is 2.15 bits per heavy atom. The third-order valence-electron chi connectivity index (χ3n) is 1.59. The van der Waals surface area contributed by atoms with Gasteiger partial charge >= 0.3 is 5.97 Å². The molecule has 0 aliphatic rings. The van der Waals surface area contributed by atoms with Crippen molar-refractivity contribution in [3.63, 3.8) is 0 Å². The average Bonchev–Trinajstić information content (AvgIpc) is 2.17. The lowest BCUT2D eigenvalue weighted by molar-refractivity contribution is -0.133. The van der Waals surface area contributed by atoms with E-state index in [2.05, 4.69) is 9.89 Å². The number of rotatable bonds is 6. The Bertz CT molecular complexity index is 182. The van der Waals surface area contributed by atoms with Gasteiger partial charge in [0, 0.05) is 12.3 Å². The molecule has 0 amide bonds. The van der Waals surface area contributed by atoms with Crippen molar-refractivity contribution in [3.8, 4) is 0 Å². The van der Waals surface area contributed by atoms with Gasteiger partial charge in [-0.05, 0) is 12.8 Å². The molecule has 5 heteroatoms. The Hall–Kier alpha value is -0.770. The zero-order valence-corrected chi connectivity index (χ0v) is 8.38. The van der Waals surface area contributed by atoms with Crippen LogP contribution >= 0.6 is 11.6 Å². The van der Waals surface area contributed by atoms with E-state index in [-0.39, 0.29) is 5.71 Å². The van der Waals surface area contributed by atoms with Crippen molar-refractivity contribution in [2.75, 3.05) is 13.0 Å². The van der Waals surface area contributed by atoms with Gasteiger partial charge in [0.05, 0.1) is 7.11 Å². The highest BCUT2D eigenvalue weighted by Crippen LogP contribution is 2.03.